The Morgan fingerprint density at radius 1 is 1.18 bits per heavy atom. The second kappa shape index (κ2) is 8.68. The van der Waals surface area contributed by atoms with Crippen molar-refractivity contribution < 1.29 is 14.3 Å². The lowest BCUT2D eigenvalue weighted by atomic mass is 9.96. The summed E-state index contributed by atoms with van der Waals surface area (Å²) in [6, 6.07) is 7.28. The van der Waals surface area contributed by atoms with Gasteiger partial charge in [-0.25, -0.2) is 4.79 Å². The first-order valence-corrected chi connectivity index (χ1v) is 8.53. The third-order valence-corrected chi connectivity index (χ3v) is 4.63. The summed E-state index contributed by atoms with van der Waals surface area (Å²) in [5.41, 5.74) is 0. The summed E-state index contributed by atoms with van der Waals surface area (Å²) in [4.78, 5) is 24.5. The normalized spacial score (nSPS) is 15.1. The van der Waals surface area contributed by atoms with Crippen LogP contribution < -0.4 is 15.4 Å². The average Bonchev–Trinajstić information content (AvgIpc) is 2.54. The predicted octanol–water partition coefficient (Wildman–Crippen LogP) is 2.95. The maximum Gasteiger partial charge on any atom is 0.321 e. The van der Waals surface area contributed by atoms with Crippen LogP contribution in [-0.4, -0.2) is 30.8 Å². The van der Waals surface area contributed by atoms with Crippen LogP contribution in [0.1, 0.15) is 32.1 Å². The summed E-state index contributed by atoms with van der Waals surface area (Å²) in [5, 5.41) is 5.25. The van der Waals surface area contributed by atoms with E-state index >= 15 is 0 Å². The molecule has 1 aliphatic carbocycles. The van der Waals surface area contributed by atoms with E-state index in [4.69, 9.17) is 4.74 Å². The molecule has 1 aliphatic rings. The first-order chi connectivity index (χ1) is 10.7. The number of benzene rings is 1. The number of ether oxygens (including phenoxy) is 1. The summed E-state index contributed by atoms with van der Waals surface area (Å²) < 4.78 is 5.08. The summed E-state index contributed by atoms with van der Waals surface area (Å²) in [5.74, 6) is 0.708. The molecule has 0 aliphatic heterocycles. The zero-order chi connectivity index (χ0) is 15.8. The summed E-state index contributed by atoms with van der Waals surface area (Å²) >= 11 is 1.39. The van der Waals surface area contributed by atoms with Crippen LogP contribution in [0.4, 0.5) is 4.79 Å². The first kappa shape index (κ1) is 16.7. The molecule has 1 saturated carbocycles. The van der Waals surface area contributed by atoms with Gasteiger partial charge in [-0.2, -0.15) is 0 Å². The molecule has 0 unspecified atom stereocenters. The molecule has 0 aromatic heterocycles. The number of carbonyl (C=O) groups is 2. The Bertz CT molecular complexity index is 499. The van der Waals surface area contributed by atoms with Gasteiger partial charge in [0.15, 0.2) is 0 Å². The van der Waals surface area contributed by atoms with Crippen LogP contribution in [0, 0.1) is 0 Å². The van der Waals surface area contributed by atoms with Crippen molar-refractivity contribution in [2.75, 3.05) is 12.9 Å². The van der Waals surface area contributed by atoms with Crippen molar-refractivity contribution in [3.05, 3.63) is 24.3 Å². The molecule has 22 heavy (non-hydrogen) atoms. The van der Waals surface area contributed by atoms with Gasteiger partial charge >= 0.3 is 6.03 Å². The Balaban J connectivity index is 1.68. The standard InChI is InChI=1S/C16H22N2O3S/c1-21-13-7-9-14(10-8-13)22-11-15(19)18-16(20)17-12-5-3-2-4-6-12/h7-10,12H,2-6,11H2,1H3,(H2,17,18,19,20). The van der Waals surface area contributed by atoms with Crippen molar-refractivity contribution >= 4 is 23.7 Å². The highest BCUT2D eigenvalue weighted by atomic mass is 32.2. The lowest BCUT2D eigenvalue weighted by Crippen LogP contribution is -2.45. The van der Waals surface area contributed by atoms with Crippen molar-refractivity contribution in [3.8, 4) is 5.75 Å². The third-order valence-electron chi connectivity index (χ3n) is 3.62. The Labute approximate surface area is 135 Å². The molecular formula is C16H22N2O3S. The molecule has 0 atom stereocenters. The molecule has 3 amide bonds. The van der Waals surface area contributed by atoms with Crippen molar-refractivity contribution in [3.63, 3.8) is 0 Å². The van der Waals surface area contributed by atoms with E-state index in [9.17, 15) is 9.59 Å². The Hall–Kier alpha value is -1.69. The molecule has 2 rings (SSSR count). The lowest BCUT2D eigenvalue weighted by molar-refractivity contribution is -0.117. The number of rotatable bonds is 5. The molecule has 0 spiro atoms. The van der Waals surface area contributed by atoms with Crippen LogP contribution in [0.3, 0.4) is 0 Å². The zero-order valence-electron chi connectivity index (χ0n) is 12.8. The molecule has 6 heteroatoms. The molecule has 5 nitrogen and oxygen atoms in total. The van der Waals surface area contributed by atoms with E-state index in [0.29, 0.717) is 0 Å². The number of amides is 3. The van der Waals surface area contributed by atoms with E-state index in [-0.39, 0.29) is 23.7 Å². The van der Waals surface area contributed by atoms with Gasteiger partial charge in [0.05, 0.1) is 12.9 Å². The topological polar surface area (TPSA) is 67.4 Å². The van der Waals surface area contributed by atoms with Gasteiger partial charge in [0, 0.05) is 10.9 Å². The number of carbonyl (C=O) groups excluding carboxylic acids is 2. The SMILES string of the molecule is COc1ccc(SCC(=O)NC(=O)NC2CCCCC2)cc1. The number of hydrogen-bond acceptors (Lipinski definition) is 4. The van der Waals surface area contributed by atoms with E-state index in [1.165, 1.54) is 18.2 Å². The van der Waals surface area contributed by atoms with Crippen molar-refractivity contribution in [2.24, 2.45) is 0 Å². The van der Waals surface area contributed by atoms with Gasteiger partial charge in [-0.15, -0.1) is 11.8 Å². The number of methoxy groups -OCH3 is 1. The van der Waals surface area contributed by atoms with E-state index in [0.717, 1.165) is 36.3 Å². The van der Waals surface area contributed by atoms with Gasteiger partial charge in [0.25, 0.3) is 0 Å². The fourth-order valence-corrected chi connectivity index (χ4v) is 3.15. The zero-order valence-corrected chi connectivity index (χ0v) is 13.6. The van der Waals surface area contributed by atoms with Gasteiger partial charge < -0.3 is 10.1 Å². The highest BCUT2D eigenvalue weighted by molar-refractivity contribution is 8.00. The lowest BCUT2D eigenvalue weighted by Gasteiger charge is -2.22. The van der Waals surface area contributed by atoms with Crippen molar-refractivity contribution in [2.45, 2.75) is 43.0 Å². The van der Waals surface area contributed by atoms with Crippen LogP contribution in [-0.2, 0) is 4.79 Å². The predicted molar refractivity (Wildman–Crippen MR) is 87.3 cm³/mol. The first-order valence-electron chi connectivity index (χ1n) is 7.54. The van der Waals surface area contributed by atoms with Crippen LogP contribution in [0.5, 0.6) is 5.75 Å². The van der Waals surface area contributed by atoms with E-state index in [1.54, 1.807) is 7.11 Å². The van der Waals surface area contributed by atoms with Gasteiger partial charge in [0.1, 0.15) is 5.75 Å². The molecule has 1 aromatic carbocycles. The summed E-state index contributed by atoms with van der Waals surface area (Å²) in [7, 11) is 1.61. The number of thioether (sulfide) groups is 1. The maximum atomic E-state index is 11.8. The Kier molecular flexibility index (Phi) is 6.58. The van der Waals surface area contributed by atoms with Crippen molar-refractivity contribution in [1.82, 2.24) is 10.6 Å². The smallest absolute Gasteiger partial charge is 0.321 e. The molecule has 0 saturated heterocycles. The second-order valence-electron chi connectivity index (χ2n) is 5.32. The minimum atomic E-state index is -0.382. The van der Waals surface area contributed by atoms with Gasteiger partial charge in [0.2, 0.25) is 5.91 Å². The molecular weight excluding hydrogens is 300 g/mol. The Morgan fingerprint density at radius 3 is 2.50 bits per heavy atom. The minimum Gasteiger partial charge on any atom is -0.497 e. The molecule has 1 aromatic rings. The van der Waals surface area contributed by atoms with E-state index in [1.807, 2.05) is 24.3 Å². The number of nitrogens with one attached hydrogen (secondary N) is 2. The van der Waals surface area contributed by atoms with Crippen LogP contribution in [0.2, 0.25) is 0 Å². The fraction of sp³-hybridized carbons (Fsp3) is 0.500. The highest BCUT2D eigenvalue weighted by Gasteiger charge is 2.16. The molecule has 2 N–H and O–H groups in total. The fourth-order valence-electron chi connectivity index (χ4n) is 2.45. The number of hydrogen-bond donors (Lipinski definition) is 2. The Morgan fingerprint density at radius 2 is 1.86 bits per heavy atom. The average molecular weight is 322 g/mol. The van der Waals surface area contributed by atoms with Crippen LogP contribution in [0.25, 0.3) is 0 Å². The monoisotopic (exact) mass is 322 g/mol. The molecule has 120 valence electrons. The second-order valence-corrected chi connectivity index (χ2v) is 6.37. The van der Waals surface area contributed by atoms with Gasteiger partial charge in [-0.05, 0) is 37.1 Å². The number of urea groups is 1. The van der Waals surface area contributed by atoms with E-state index in [2.05, 4.69) is 10.6 Å². The van der Waals surface area contributed by atoms with Crippen LogP contribution in [0.15, 0.2) is 29.2 Å². The molecule has 0 radical (unpaired) electrons. The third kappa shape index (κ3) is 5.60. The largest absolute Gasteiger partial charge is 0.497 e. The van der Waals surface area contributed by atoms with Gasteiger partial charge in [-0.1, -0.05) is 19.3 Å². The summed E-state index contributed by atoms with van der Waals surface area (Å²) in [6.07, 6.45) is 5.53. The minimum absolute atomic E-state index is 0.204. The molecule has 0 heterocycles. The maximum absolute atomic E-state index is 11.8. The summed E-state index contributed by atoms with van der Waals surface area (Å²) in [6.45, 7) is 0. The highest BCUT2D eigenvalue weighted by Crippen LogP contribution is 2.21. The number of imide groups is 1. The molecule has 0 bridgehead atoms. The quantitative estimate of drug-likeness (QED) is 0.818. The van der Waals surface area contributed by atoms with Gasteiger partial charge in [-0.3, -0.25) is 10.1 Å². The van der Waals surface area contributed by atoms with E-state index < -0.39 is 0 Å². The molecule has 1 fully saturated rings. The van der Waals surface area contributed by atoms with Crippen molar-refractivity contribution in [1.29, 1.82) is 0 Å². The van der Waals surface area contributed by atoms with Crippen LogP contribution >= 0.6 is 11.8 Å².